The monoisotopic (exact) mass is 380 g/mol. The first-order valence-electron chi connectivity index (χ1n) is 7.88. The van der Waals surface area contributed by atoms with Gasteiger partial charge >= 0.3 is 17.4 Å². The Morgan fingerprint density at radius 1 is 0.520 bits per heavy atom. The van der Waals surface area contributed by atoms with Crippen molar-refractivity contribution in [1.82, 2.24) is 0 Å². The van der Waals surface area contributed by atoms with Crippen LogP contribution in [0.5, 0.6) is 0 Å². The molecule has 0 radical (unpaired) electrons. The van der Waals surface area contributed by atoms with Crippen molar-refractivity contribution < 1.29 is 22.1 Å². The third-order valence-corrected chi connectivity index (χ3v) is 9.60. The fraction of sp³-hybridized carbons (Fsp3) is 0.333. The highest BCUT2D eigenvalue weighted by Crippen LogP contribution is 2.06. The van der Waals surface area contributed by atoms with Crippen molar-refractivity contribution in [1.29, 1.82) is 0 Å². The second kappa shape index (κ2) is 10.6. The van der Waals surface area contributed by atoms with Gasteiger partial charge in [-0.15, -0.1) is 0 Å². The molecule has 0 unspecified atom stereocenters. The summed E-state index contributed by atoms with van der Waals surface area (Å²) in [5.74, 6) is 0. The van der Waals surface area contributed by atoms with E-state index >= 15 is 0 Å². The molecule has 0 heterocycles. The second-order valence-electron chi connectivity index (χ2n) is 5.25. The van der Waals surface area contributed by atoms with Crippen LogP contribution in [0.2, 0.25) is 6.55 Å². The lowest BCUT2D eigenvalue weighted by Gasteiger charge is -2.24. The molecule has 0 N–H and O–H groups in total. The van der Waals surface area contributed by atoms with Gasteiger partial charge in [0.15, 0.2) is 0 Å². The predicted octanol–water partition coefficient (Wildman–Crippen LogP) is 2.03. The van der Waals surface area contributed by atoms with Gasteiger partial charge in [0.1, 0.15) is 0 Å². The summed E-state index contributed by atoms with van der Waals surface area (Å²) < 4.78 is 26.7. The van der Waals surface area contributed by atoms with Crippen LogP contribution < -0.4 is 10.4 Å². The first-order chi connectivity index (χ1) is 12.0. The Labute approximate surface area is 153 Å². The van der Waals surface area contributed by atoms with Crippen LogP contribution in [0.1, 0.15) is 0 Å². The molecule has 0 saturated heterocycles. The van der Waals surface area contributed by atoms with E-state index in [4.69, 9.17) is 22.1 Å². The molecule has 0 amide bonds. The molecule has 138 valence electrons. The van der Waals surface area contributed by atoms with Crippen molar-refractivity contribution in [3.63, 3.8) is 0 Å². The molecule has 25 heavy (non-hydrogen) atoms. The molecule has 0 spiro atoms. The minimum Gasteiger partial charge on any atom is -0.394 e. The molecule has 0 aliphatic heterocycles. The number of benzene rings is 2. The minimum atomic E-state index is -2.59. The molecule has 5 nitrogen and oxygen atoms in total. The van der Waals surface area contributed by atoms with Crippen molar-refractivity contribution in [2.45, 2.75) is 6.55 Å². The normalized spacial score (nSPS) is 11.6. The van der Waals surface area contributed by atoms with E-state index in [0.29, 0.717) is 0 Å². The maximum atomic E-state index is 5.39. The van der Waals surface area contributed by atoms with E-state index < -0.39 is 17.4 Å². The van der Waals surface area contributed by atoms with Crippen LogP contribution in [0.4, 0.5) is 0 Å². The molecular weight excluding hydrogens is 352 g/mol. The third kappa shape index (κ3) is 5.58. The van der Waals surface area contributed by atoms with Crippen molar-refractivity contribution in [2.24, 2.45) is 0 Å². The highest BCUT2D eigenvalue weighted by Gasteiger charge is 2.40. The molecule has 0 aliphatic carbocycles. The van der Waals surface area contributed by atoms with Crippen LogP contribution in [0.25, 0.3) is 0 Å². The van der Waals surface area contributed by atoms with Crippen LogP contribution in [0.15, 0.2) is 60.7 Å². The highest BCUT2D eigenvalue weighted by molar-refractivity contribution is 6.79. The Balaban J connectivity index is 0.000000251. The number of hydrogen-bond acceptors (Lipinski definition) is 5. The summed E-state index contributed by atoms with van der Waals surface area (Å²) in [4.78, 5) is 0. The van der Waals surface area contributed by atoms with Crippen LogP contribution in [-0.4, -0.2) is 52.9 Å². The van der Waals surface area contributed by atoms with Crippen molar-refractivity contribution >= 4 is 27.7 Å². The molecule has 0 aromatic heterocycles. The summed E-state index contributed by atoms with van der Waals surface area (Å²) >= 11 is 0. The standard InChI is InChI=1S/C9H14O3Si.C9H14O2Si/c1-10-13(11-2,12-3)9-7-5-4-6-8-9;1-10-12(3,11-2)9-7-5-4-6-8-9/h4-8H,1-3H3;4-8H,1-3H3. The molecule has 2 aromatic rings. The fourth-order valence-corrected chi connectivity index (χ4v) is 5.55. The smallest absolute Gasteiger partial charge is 0.394 e. The van der Waals surface area contributed by atoms with E-state index in [-0.39, 0.29) is 0 Å². The zero-order valence-corrected chi connectivity index (χ0v) is 17.8. The first-order valence-corrected chi connectivity index (χ1v) is 11.9. The zero-order chi connectivity index (χ0) is 18.8. The Kier molecular flexibility index (Phi) is 9.22. The fourth-order valence-electron chi connectivity index (χ4n) is 2.31. The number of hydrogen-bond donors (Lipinski definition) is 0. The molecule has 0 bridgehead atoms. The lowest BCUT2D eigenvalue weighted by Crippen LogP contribution is -2.54. The van der Waals surface area contributed by atoms with Gasteiger partial charge in [-0.25, -0.2) is 0 Å². The Morgan fingerprint density at radius 3 is 1.20 bits per heavy atom. The maximum absolute atomic E-state index is 5.39. The summed E-state index contributed by atoms with van der Waals surface area (Å²) in [6.07, 6.45) is 0. The van der Waals surface area contributed by atoms with Gasteiger partial charge in [-0.2, -0.15) is 0 Å². The van der Waals surface area contributed by atoms with E-state index in [2.05, 4.69) is 0 Å². The SMILES string of the molecule is CO[Si](C)(OC)c1ccccc1.CO[Si](OC)(OC)c1ccccc1. The van der Waals surface area contributed by atoms with Gasteiger partial charge in [-0.3, -0.25) is 0 Å². The molecule has 0 atom stereocenters. The molecule has 0 aliphatic rings. The Morgan fingerprint density at radius 2 is 0.880 bits per heavy atom. The van der Waals surface area contributed by atoms with E-state index in [1.165, 1.54) is 0 Å². The number of rotatable bonds is 7. The maximum Gasteiger partial charge on any atom is 0.536 e. The van der Waals surface area contributed by atoms with E-state index in [1.807, 2.05) is 67.2 Å². The predicted molar refractivity (Wildman–Crippen MR) is 105 cm³/mol. The van der Waals surface area contributed by atoms with Gasteiger partial charge in [0.05, 0.1) is 0 Å². The van der Waals surface area contributed by atoms with Gasteiger partial charge in [-0.1, -0.05) is 60.7 Å². The van der Waals surface area contributed by atoms with Crippen molar-refractivity contribution in [3.05, 3.63) is 60.7 Å². The summed E-state index contributed by atoms with van der Waals surface area (Å²) in [6.45, 7) is 2.03. The summed E-state index contributed by atoms with van der Waals surface area (Å²) in [6, 6.07) is 19.8. The average Bonchev–Trinajstić information content (AvgIpc) is 2.71. The van der Waals surface area contributed by atoms with Gasteiger partial charge < -0.3 is 22.1 Å². The van der Waals surface area contributed by atoms with E-state index in [1.54, 1.807) is 35.5 Å². The summed E-state index contributed by atoms with van der Waals surface area (Å²) in [5, 5.41) is 2.14. The molecule has 2 aromatic carbocycles. The average molecular weight is 381 g/mol. The van der Waals surface area contributed by atoms with Gasteiger partial charge in [0.25, 0.3) is 0 Å². The Bertz CT molecular complexity index is 579. The quantitative estimate of drug-likeness (QED) is 0.688. The molecule has 2 rings (SSSR count). The molecular formula is C18H28O5Si2. The van der Waals surface area contributed by atoms with Crippen molar-refractivity contribution in [2.75, 3.05) is 35.5 Å². The minimum absolute atomic E-state index is 0.975. The van der Waals surface area contributed by atoms with Crippen LogP contribution in [-0.2, 0) is 22.1 Å². The Hall–Kier alpha value is -1.33. The van der Waals surface area contributed by atoms with E-state index in [9.17, 15) is 0 Å². The van der Waals surface area contributed by atoms with Crippen LogP contribution in [0, 0.1) is 0 Å². The molecule has 7 heteroatoms. The van der Waals surface area contributed by atoms with Crippen molar-refractivity contribution in [3.8, 4) is 0 Å². The van der Waals surface area contributed by atoms with Crippen LogP contribution in [0.3, 0.4) is 0 Å². The third-order valence-electron chi connectivity index (χ3n) is 4.01. The van der Waals surface area contributed by atoms with Gasteiger partial charge in [-0.05, 0) is 11.7 Å². The lowest BCUT2D eigenvalue weighted by atomic mass is 10.4. The topological polar surface area (TPSA) is 46.2 Å². The second-order valence-corrected chi connectivity index (χ2v) is 11.5. The van der Waals surface area contributed by atoms with Gasteiger partial charge in [0.2, 0.25) is 0 Å². The lowest BCUT2D eigenvalue weighted by molar-refractivity contribution is 0.140. The van der Waals surface area contributed by atoms with E-state index in [0.717, 1.165) is 10.4 Å². The molecule has 0 fully saturated rings. The zero-order valence-electron chi connectivity index (χ0n) is 15.8. The van der Waals surface area contributed by atoms with Gasteiger partial charge in [0, 0.05) is 40.7 Å². The largest absolute Gasteiger partial charge is 0.536 e. The van der Waals surface area contributed by atoms with Crippen LogP contribution >= 0.6 is 0 Å². The highest BCUT2D eigenvalue weighted by atomic mass is 28.4. The molecule has 0 saturated carbocycles. The summed E-state index contributed by atoms with van der Waals surface area (Å²) in [5.41, 5.74) is 0. The summed E-state index contributed by atoms with van der Waals surface area (Å²) in [7, 11) is 3.54. The first kappa shape index (κ1) is 21.7.